The van der Waals surface area contributed by atoms with Crippen LogP contribution >= 0.6 is 11.3 Å². The summed E-state index contributed by atoms with van der Waals surface area (Å²) in [5.74, 6) is -0.914. The van der Waals surface area contributed by atoms with Gasteiger partial charge in [-0.25, -0.2) is 4.79 Å². The fourth-order valence-corrected chi connectivity index (χ4v) is 2.68. The number of aromatic nitrogens is 1. The molecular formula is C14H9NO2S. The van der Waals surface area contributed by atoms with Crippen molar-refractivity contribution in [3.63, 3.8) is 0 Å². The van der Waals surface area contributed by atoms with Crippen LogP contribution in [0.15, 0.2) is 48.0 Å². The number of hydrogen-bond acceptors (Lipinski definition) is 3. The zero-order valence-corrected chi connectivity index (χ0v) is 10.1. The van der Waals surface area contributed by atoms with E-state index >= 15 is 0 Å². The largest absolute Gasteiger partial charge is 0.478 e. The van der Waals surface area contributed by atoms with Gasteiger partial charge in [0.25, 0.3) is 0 Å². The molecule has 0 aliphatic rings. The van der Waals surface area contributed by atoms with E-state index in [2.05, 4.69) is 4.98 Å². The number of carboxylic acid groups (broad SMARTS) is 1. The van der Waals surface area contributed by atoms with Gasteiger partial charge in [0.2, 0.25) is 0 Å². The summed E-state index contributed by atoms with van der Waals surface area (Å²) in [6.07, 6.45) is 1.78. The van der Waals surface area contributed by atoms with Crippen molar-refractivity contribution in [2.24, 2.45) is 0 Å². The summed E-state index contributed by atoms with van der Waals surface area (Å²) in [6, 6.07) is 10.8. The second-order valence-electron chi connectivity index (χ2n) is 3.87. The molecule has 2 heterocycles. The maximum atomic E-state index is 10.8. The molecule has 3 rings (SSSR count). The van der Waals surface area contributed by atoms with E-state index in [4.69, 9.17) is 5.11 Å². The lowest BCUT2D eigenvalue weighted by Crippen LogP contribution is -1.95. The number of benzene rings is 1. The van der Waals surface area contributed by atoms with Gasteiger partial charge in [-0.05, 0) is 29.6 Å². The van der Waals surface area contributed by atoms with E-state index in [1.54, 1.807) is 41.8 Å². The van der Waals surface area contributed by atoms with Gasteiger partial charge >= 0.3 is 5.97 Å². The number of hydrogen-bond donors (Lipinski definition) is 1. The number of rotatable bonds is 2. The number of fused-ring (bicyclic) bond motifs is 1. The Kier molecular flexibility index (Phi) is 2.57. The molecule has 2 aromatic heterocycles. The van der Waals surface area contributed by atoms with E-state index in [0.29, 0.717) is 0 Å². The predicted molar refractivity (Wildman–Crippen MR) is 72.0 cm³/mol. The molecule has 0 spiro atoms. The van der Waals surface area contributed by atoms with Gasteiger partial charge in [0.15, 0.2) is 0 Å². The molecule has 4 heteroatoms. The van der Waals surface area contributed by atoms with Crippen molar-refractivity contribution >= 4 is 27.4 Å². The minimum Gasteiger partial charge on any atom is -0.478 e. The van der Waals surface area contributed by atoms with Gasteiger partial charge in [0, 0.05) is 21.8 Å². The first kappa shape index (κ1) is 10.9. The van der Waals surface area contributed by atoms with E-state index in [1.807, 2.05) is 17.5 Å². The van der Waals surface area contributed by atoms with E-state index in [0.717, 1.165) is 16.6 Å². The van der Waals surface area contributed by atoms with E-state index < -0.39 is 5.97 Å². The van der Waals surface area contributed by atoms with Crippen molar-refractivity contribution in [2.45, 2.75) is 0 Å². The second-order valence-corrected chi connectivity index (χ2v) is 4.82. The minimum atomic E-state index is -0.914. The molecule has 0 saturated heterocycles. The highest BCUT2D eigenvalue weighted by Crippen LogP contribution is 2.29. The molecule has 88 valence electrons. The zero-order chi connectivity index (χ0) is 12.5. The summed E-state index contributed by atoms with van der Waals surface area (Å²) >= 11 is 1.67. The van der Waals surface area contributed by atoms with Gasteiger partial charge in [-0.3, -0.25) is 4.98 Å². The van der Waals surface area contributed by atoms with E-state index in [9.17, 15) is 4.79 Å². The van der Waals surface area contributed by atoms with Crippen molar-refractivity contribution in [1.29, 1.82) is 0 Å². The Labute approximate surface area is 107 Å². The predicted octanol–water partition coefficient (Wildman–Crippen LogP) is 3.66. The average Bonchev–Trinajstić information content (AvgIpc) is 2.87. The smallest absolute Gasteiger partial charge is 0.335 e. The summed E-state index contributed by atoms with van der Waals surface area (Å²) in [6.45, 7) is 0. The molecule has 0 aliphatic carbocycles. The third kappa shape index (κ3) is 1.76. The molecule has 0 amide bonds. The maximum Gasteiger partial charge on any atom is 0.335 e. The monoisotopic (exact) mass is 255 g/mol. The topological polar surface area (TPSA) is 50.2 Å². The Morgan fingerprint density at radius 3 is 2.61 bits per heavy atom. The van der Waals surface area contributed by atoms with Crippen LogP contribution in [-0.2, 0) is 0 Å². The SMILES string of the molecule is O=C(O)c1ccc(-c2nccc3sccc23)cc1. The Bertz CT molecular complexity index is 716. The summed E-state index contributed by atoms with van der Waals surface area (Å²) in [4.78, 5) is 15.2. The lowest BCUT2D eigenvalue weighted by molar-refractivity contribution is 0.0697. The van der Waals surface area contributed by atoms with Crippen molar-refractivity contribution in [3.05, 3.63) is 53.5 Å². The highest BCUT2D eigenvalue weighted by Gasteiger charge is 2.07. The Morgan fingerprint density at radius 1 is 1.11 bits per heavy atom. The Balaban J connectivity index is 2.14. The molecule has 0 fully saturated rings. The number of aromatic carboxylic acids is 1. The van der Waals surface area contributed by atoms with Crippen LogP contribution in [0.25, 0.3) is 21.3 Å². The molecule has 0 saturated carbocycles. The third-order valence-corrected chi connectivity index (χ3v) is 3.67. The van der Waals surface area contributed by atoms with Crippen LogP contribution in [0.5, 0.6) is 0 Å². The Hall–Kier alpha value is -2.20. The number of pyridine rings is 1. The van der Waals surface area contributed by atoms with Crippen LogP contribution in [0, 0.1) is 0 Å². The lowest BCUT2D eigenvalue weighted by atomic mass is 10.1. The van der Waals surface area contributed by atoms with Gasteiger partial charge in [-0.1, -0.05) is 12.1 Å². The van der Waals surface area contributed by atoms with Crippen molar-refractivity contribution in [2.75, 3.05) is 0 Å². The molecule has 3 aromatic rings. The minimum absolute atomic E-state index is 0.288. The summed E-state index contributed by atoms with van der Waals surface area (Å²) in [5.41, 5.74) is 2.12. The molecule has 18 heavy (non-hydrogen) atoms. The van der Waals surface area contributed by atoms with Crippen molar-refractivity contribution in [3.8, 4) is 11.3 Å². The van der Waals surface area contributed by atoms with Crippen LogP contribution in [0.3, 0.4) is 0 Å². The fourth-order valence-electron chi connectivity index (χ4n) is 1.90. The normalized spacial score (nSPS) is 10.7. The first-order chi connectivity index (χ1) is 8.75. The van der Waals surface area contributed by atoms with Gasteiger partial charge in [0.1, 0.15) is 0 Å². The molecule has 0 atom stereocenters. The Morgan fingerprint density at radius 2 is 1.89 bits per heavy atom. The van der Waals surface area contributed by atoms with Crippen LogP contribution < -0.4 is 0 Å². The molecular weight excluding hydrogens is 246 g/mol. The number of carboxylic acids is 1. The first-order valence-electron chi connectivity index (χ1n) is 5.41. The first-order valence-corrected chi connectivity index (χ1v) is 6.29. The van der Waals surface area contributed by atoms with Gasteiger partial charge < -0.3 is 5.11 Å². The second kappa shape index (κ2) is 4.23. The standard InChI is InChI=1S/C14H9NO2S/c16-14(17)10-3-1-9(2-4-10)13-11-6-8-18-12(11)5-7-15-13/h1-8H,(H,16,17). The summed E-state index contributed by atoms with van der Waals surface area (Å²) in [7, 11) is 0. The van der Waals surface area contributed by atoms with Crippen LogP contribution in [0.2, 0.25) is 0 Å². The molecule has 0 unspecified atom stereocenters. The molecule has 1 aromatic carbocycles. The number of carbonyl (C=O) groups is 1. The van der Waals surface area contributed by atoms with Gasteiger partial charge in [-0.2, -0.15) is 0 Å². The summed E-state index contributed by atoms with van der Waals surface area (Å²) < 4.78 is 1.18. The molecule has 0 radical (unpaired) electrons. The molecule has 3 nitrogen and oxygen atoms in total. The molecule has 0 bridgehead atoms. The highest BCUT2D eigenvalue weighted by atomic mass is 32.1. The number of nitrogens with zero attached hydrogens (tertiary/aromatic N) is 1. The lowest BCUT2D eigenvalue weighted by Gasteiger charge is -2.03. The van der Waals surface area contributed by atoms with Gasteiger partial charge in [-0.15, -0.1) is 11.3 Å². The van der Waals surface area contributed by atoms with E-state index in [1.165, 1.54) is 4.70 Å². The fraction of sp³-hybridized carbons (Fsp3) is 0. The van der Waals surface area contributed by atoms with Crippen molar-refractivity contribution in [1.82, 2.24) is 4.98 Å². The van der Waals surface area contributed by atoms with Crippen molar-refractivity contribution < 1.29 is 9.90 Å². The van der Waals surface area contributed by atoms with Crippen LogP contribution in [0.1, 0.15) is 10.4 Å². The van der Waals surface area contributed by atoms with Gasteiger partial charge in [0.05, 0.1) is 11.3 Å². The summed E-state index contributed by atoms with van der Waals surface area (Å²) in [5, 5.41) is 12.0. The average molecular weight is 255 g/mol. The quantitative estimate of drug-likeness (QED) is 0.760. The zero-order valence-electron chi connectivity index (χ0n) is 9.33. The maximum absolute atomic E-state index is 10.8. The molecule has 1 N–H and O–H groups in total. The number of thiophene rings is 1. The van der Waals surface area contributed by atoms with Crippen LogP contribution in [0.4, 0.5) is 0 Å². The highest BCUT2D eigenvalue weighted by molar-refractivity contribution is 7.17. The molecule has 0 aliphatic heterocycles. The van der Waals surface area contributed by atoms with E-state index in [-0.39, 0.29) is 5.56 Å². The van der Waals surface area contributed by atoms with Crippen LogP contribution in [-0.4, -0.2) is 16.1 Å². The third-order valence-electron chi connectivity index (χ3n) is 2.79.